The van der Waals surface area contributed by atoms with E-state index < -0.39 is 0 Å². The molecule has 2 nitrogen and oxygen atoms in total. The number of ketones is 1. The van der Waals surface area contributed by atoms with Gasteiger partial charge in [-0.15, -0.1) is 0 Å². The van der Waals surface area contributed by atoms with Crippen LogP contribution in [0.25, 0.3) is 0 Å². The molecule has 0 atom stereocenters. The van der Waals surface area contributed by atoms with Crippen molar-refractivity contribution < 1.29 is 4.79 Å². The Balaban J connectivity index is 1.94. The Bertz CT molecular complexity index is 546. The van der Waals surface area contributed by atoms with E-state index in [-0.39, 0.29) is 12.3 Å². The van der Waals surface area contributed by atoms with Crippen molar-refractivity contribution in [2.75, 3.05) is 11.9 Å². The number of Topliss-reactive ketones (excluding diaryl/α,β-unsaturated/α-hetero) is 1. The van der Waals surface area contributed by atoms with Crippen molar-refractivity contribution in [2.45, 2.75) is 13.3 Å². The van der Waals surface area contributed by atoms with Gasteiger partial charge >= 0.3 is 0 Å². The molecule has 0 unspecified atom stereocenters. The zero-order valence-corrected chi connectivity index (χ0v) is 11.6. The highest BCUT2D eigenvalue weighted by Crippen LogP contribution is 2.12. The summed E-state index contributed by atoms with van der Waals surface area (Å²) in [4.78, 5) is 11.9. The number of halogens is 1. The van der Waals surface area contributed by atoms with E-state index in [1.165, 1.54) is 5.56 Å². The molecule has 0 heterocycles. The summed E-state index contributed by atoms with van der Waals surface area (Å²) < 4.78 is 0. The molecule has 98 valence electrons. The number of hydrogen-bond donors (Lipinski definition) is 1. The highest BCUT2D eigenvalue weighted by molar-refractivity contribution is 6.30. The predicted molar refractivity (Wildman–Crippen MR) is 80.1 cm³/mol. The number of nitrogens with one attached hydrogen (secondary N) is 1. The van der Waals surface area contributed by atoms with Crippen LogP contribution in [-0.2, 0) is 6.42 Å². The van der Waals surface area contributed by atoms with Gasteiger partial charge in [0.1, 0.15) is 0 Å². The molecule has 0 aliphatic heterocycles. The minimum atomic E-state index is 0.0521. The van der Waals surface area contributed by atoms with Crippen molar-refractivity contribution in [2.24, 2.45) is 0 Å². The average molecular weight is 274 g/mol. The summed E-state index contributed by atoms with van der Waals surface area (Å²) in [6.07, 6.45) is 1.02. The lowest BCUT2D eigenvalue weighted by molar-refractivity contribution is 0.101. The van der Waals surface area contributed by atoms with Gasteiger partial charge in [-0.25, -0.2) is 0 Å². The Hall–Kier alpha value is -1.80. The van der Waals surface area contributed by atoms with E-state index in [1.807, 2.05) is 12.1 Å². The monoisotopic (exact) mass is 273 g/mol. The number of carbonyl (C=O) groups is 1. The van der Waals surface area contributed by atoms with Crippen LogP contribution >= 0.6 is 11.6 Å². The minimum absolute atomic E-state index is 0.0521. The first-order valence-corrected chi connectivity index (χ1v) is 6.68. The molecular formula is C16H16ClNO. The van der Waals surface area contributed by atoms with E-state index in [4.69, 9.17) is 11.6 Å². The lowest BCUT2D eigenvalue weighted by Gasteiger charge is -2.06. The normalized spacial score (nSPS) is 10.2. The maximum absolute atomic E-state index is 11.9. The van der Waals surface area contributed by atoms with Crippen LogP contribution in [0.2, 0.25) is 5.02 Å². The molecule has 1 N–H and O–H groups in total. The molecule has 0 radical (unpaired) electrons. The Morgan fingerprint density at radius 3 is 2.26 bits per heavy atom. The molecule has 19 heavy (non-hydrogen) atoms. The molecule has 2 rings (SSSR count). The van der Waals surface area contributed by atoms with Gasteiger partial charge in [-0.1, -0.05) is 30.7 Å². The van der Waals surface area contributed by atoms with E-state index in [2.05, 4.69) is 24.4 Å². The molecule has 0 saturated carbocycles. The number of rotatable bonds is 5. The van der Waals surface area contributed by atoms with Crippen LogP contribution in [0.1, 0.15) is 22.8 Å². The largest absolute Gasteiger partial charge is 0.378 e. The maximum Gasteiger partial charge on any atom is 0.181 e. The zero-order valence-electron chi connectivity index (χ0n) is 10.8. The Morgan fingerprint density at radius 2 is 1.68 bits per heavy atom. The van der Waals surface area contributed by atoms with E-state index in [9.17, 15) is 4.79 Å². The molecule has 0 spiro atoms. The van der Waals surface area contributed by atoms with Crippen molar-refractivity contribution in [3.05, 3.63) is 64.7 Å². The van der Waals surface area contributed by atoms with Crippen molar-refractivity contribution in [1.29, 1.82) is 0 Å². The second kappa shape index (κ2) is 6.39. The third kappa shape index (κ3) is 3.83. The first-order chi connectivity index (χ1) is 9.19. The molecular weight excluding hydrogens is 258 g/mol. The summed E-state index contributed by atoms with van der Waals surface area (Å²) in [5.41, 5.74) is 2.91. The molecule has 3 heteroatoms. The molecule has 0 aromatic heterocycles. The molecule has 2 aromatic rings. The van der Waals surface area contributed by atoms with E-state index in [0.29, 0.717) is 10.6 Å². The number of anilines is 1. The molecule has 2 aromatic carbocycles. The lowest BCUT2D eigenvalue weighted by atomic mass is 10.1. The molecule has 0 amide bonds. The van der Waals surface area contributed by atoms with Crippen molar-refractivity contribution in [3.8, 4) is 0 Å². The molecule has 0 saturated heterocycles. The fraction of sp³-hybridized carbons (Fsp3) is 0.188. The Morgan fingerprint density at radius 1 is 1.05 bits per heavy atom. The highest BCUT2D eigenvalue weighted by Gasteiger charge is 2.05. The third-order valence-corrected chi connectivity index (χ3v) is 3.23. The average Bonchev–Trinajstić information content (AvgIpc) is 2.46. The predicted octanol–water partition coefficient (Wildman–Crippen LogP) is 4.20. The summed E-state index contributed by atoms with van der Waals surface area (Å²) in [6.45, 7) is 2.40. The Labute approximate surface area is 118 Å². The van der Waals surface area contributed by atoms with Gasteiger partial charge in [-0.2, -0.15) is 0 Å². The smallest absolute Gasteiger partial charge is 0.181 e. The van der Waals surface area contributed by atoms with Gasteiger partial charge < -0.3 is 5.32 Å². The number of hydrogen-bond acceptors (Lipinski definition) is 2. The SMILES string of the molecule is CCc1ccc(NCC(=O)c2ccc(Cl)cc2)cc1. The summed E-state index contributed by atoms with van der Waals surface area (Å²) in [5, 5.41) is 3.76. The van der Waals surface area contributed by atoms with Gasteiger partial charge in [0.15, 0.2) is 5.78 Å². The summed E-state index contributed by atoms with van der Waals surface area (Å²) in [6, 6.07) is 15.1. The van der Waals surface area contributed by atoms with E-state index in [0.717, 1.165) is 12.1 Å². The molecule has 0 aliphatic carbocycles. The lowest BCUT2D eigenvalue weighted by Crippen LogP contribution is -2.13. The molecule has 0 fully saturated rings. The van der Waals surface area contributed by atoms with Crippen LogP contribution in [-0.4, -0.2) is 12.3 Å². The van der Waals surface area contributed by atoms with Crippen LogP contribution in [0.5, 0.6) is 0 Å². The number of benzene rings is 2. The maximum atomic E-state index is 11.9. The quantitative estimate of drug-likeness (QED) is 0.828. The molecule has 0 aliphatic rings. The van der Waals surface area contributed by atoms with Crippen LogP contribution < -0.4 is 5.32 Å². The number of aryl methyl sites for hydroxylation is 1. The van der Waals surface area contributed by atoms with Gasteiger partial charge in [0, 0.05) is 16.3 Å². The highest BCUT2D eigenvalue weighted by atomic mass is 35.5. The van der Waals surface area contributed by atoms with Crippen molar-refractivity contribution >= 4 is 23.1 Å². The molecule has 0 bridgehead atoms. The topological polar surface area (TPSA) is 29.1 Å². The van der Waals surface area contributed by atoms with Crippen LogP contribution in [0, 0.1) is 0 Å². The van der Waals surface area contributed by atoms with Crippen LogP contribution in [0.4, 0.5) is 5.69 Å². The summed E-state index contributed by atoms with van der Waals surface area (Å²) in [5.74, 6) is 0.0521. The minimum Gasteiger partial charge on any atom is -0.378 e. The van der Waals surface area contributed by atoms with E-state index in [1.54, 1.807) is 24.3 Å². The second-order valence-electron chi connectivity index (χ2n) is 4.33. The van der Waals surface area contributed by atoms with Crippen LogP contribution in [0.3, 0.4) is 0 Å². The first-order valence-electron chi connectivity index (χ1n) is 6.30. The first kappa shape index (κ1) is 13.6. The third-order valence-electron chi connectivity index (χ3n) is 2.98. The van der Waals surface area contributed by atoms with Crippen LogP contribution in [0.15, 0.2) is 48.5 Å². The summed E-state index contributed by atoms with van der Waals surface area (Å²) in [7, 11) is 0. The van der Waals surface area contributed by atoms with Gasteiger partial charge in [-0.3, -0.25) is 4.79 Å². The number of carbonyl (C=O) groups excluding carboxylic acids is 1. The van der Waals surface area contributed by atoms with E-state index >= 15 is 0 Å². The van der Waals surface area contributed by atoms with Crippen molar-refractivity contribution in [1.82, 2.24) is 0 Å². The second-order valence-corrected chi connectivity index (χ2v) is 4.77. The van der Waals surface area contributed by atoms with Gasteiger partial charge in [0.25, 0.3) is 0 Å². The summed E-state index contributed by atoms with van der Waals surface area (Å²) >= 11 is 5.79. The van der Waals surface area contributed by atoms with Gasteiger partial charge in [0.2, 0.25) is 0 Å². The van der Waals surface area contributed by atoms with Gasteiger partial charge in [0.05, 0.1) is 6.54 Å². The standard InChI is InChI=1S/C16H16ClNO/c1-2-12-3-9-15(10-4-12)18-11-16(19)13-5-7-14(17)8-6-13/h3-10,18H,2,11H2,1H3. The zero-order chi connectivity index (χ0) is 13.7. The fourth-order valence-corrected chi connectivity index (χ4v) is 1.90. The van der Waals surface area contributed by atoms with Crippen molar-refractivity contribution in [3.63, 3.8) is 0 Å². The fourth-order valence-electron chi connectivity index (χ4n) is 1.78. The van der Waals surface area contributed by atoms with Gasteiger partial charge in [-0.05, 0) is 48.4 Å². The Kier molecular flexibility index (Phi) is 4.58.